The first-order valence-corrected chi connectivity index (χ1v) is 7.48. The maximum Gasteiger partial charge on any atom is 0.132 e. The van der Waals surface area contributed by atoms with Crippen molar-refractivity contribution in [3.05, 3.63) is 23.9 Å². The largest absolute Gasteiger partial charge is 0.357 e. The third-order valence-corrected chi connectivity index (χ3v) is 3.83. The molecule has 3 nitrogen and oxygen atoms in total. The topological polar surface area (TPSA) is 28.2 Å². The SMILES string of the molecule is CC(C)CC(C)N(C)c1ncccc1CNC1CC1. The van der Waals surface area contributed by atoms with Gasteiger partial charge >= 0.3 is 0 Å². The molecule has 1 saturated carbocycles. The van der Waals surface area contributed by atoms with E-state index in [1.54, 1.807) is 0 Å². The van der Waals surface area contributed by atoms with Crippen LogP contribution in [-0.4, -0.2) is 24.1 Å². The maximum absolute atomic E-state index is 4.59. The number of hydrogen-bond acceptors (Lipinski definition) is 3. The summed E-state index contributed by atoms with van der Waals surface area (Å²) >= 11 is 0. The summed E-state index contributed by atoms with van der Waals surface area (Å²) in [5.41, 5.74) is 1.31. The van der Waals surface area contributed by atoms with Gasteiger partial charge < -0.3 is 10.2 Å². The summed E-state index contributed by atoms with van der Waals surface area (Å²) in [4.78, 5) is 6.91. The molecule has 1 fully saturated rings. The van der Waals surface area contributed by atoms with Crippen LogP contribution in [0.3, 0.4) is 0 Å². The second kappa shape index (κ2) is 6.38. The Kier molecular flexibility index (Phi) is 4.81. The summed E-state index contributed by atoms with van der Waals surface area (Å²) in [5, 5.41) is 3.58. The lowest BCUT2D eigenvalue weighted by Crippen LogP contribution is -2.32. The molecular weight excluding hydrogens is 234 g/mol. The monoisotopic (exact) mass is 261 g/mol. The van der Waals surface area contributed by atoms with Crippen molar-refractivity contribution in [2.45, 2.75) is 58.7 Å². The van der Waals surface area contributed by atoms with Crippen molar-refractivity contribution in [2.24, 2.45) is 5.92 Å². The lowest BCUT2D eigenvalue weighted by molar-refractivity contribution is 0.501. The average molecular weight is 261 g/mol. The van der Waals surface area contributed by atoms with Gasteiger partial charge in [0.25, 0.3) is 0 Å². The Morgan fingerprint density at radius 3 is 2.74 bits per heavy atom. The normalized spacial score (nSPS) is 16.7. The summed E-state index contributed by atoms with van der Waals surface area (Å²) in [6.07, 6.45) is 5.75. The van der Waals surface area contributed by atoms with Crippen LogP contribution in [0.1, 0.15) is 45.6 Å². The van der Waals surface area contributed by atoms with E-state index in [4.69, 9.17) is 0 Å². The maximum atomic E-state index is 4.59. The van der Waals surface area contributed by atoms with Crippen molar-refractivity contribution in [1.82, 2.24) is 10.3 Å². The molecule has 0 bridgehead atoms. The van der Waals surface area contributed by atoms with Gasteiger partial charge in [0.05, 0.1) is 0 Å². The Balaban J connectivity index is 2.03. The first kappa shape index (κ1) is 14.3. The number of nitrogens with one attached hydrogen (secondary N) is 1. The quantitative estimate of drug-likeness (QED) is 0.817. The zero-order chi connectivity index (χ0) is 13.8. The highest BCUT2D eigenvalue weighted by Crippen LogP contribution is 2.23. The Morgan fingerprint density at radius 1 is 1.37 bits per heavy atom. The molecule has 1 unspecified atom stereocenters. The summed E-state index contributed by atoms with van der Waals surface area (Å²) in [6.45, 7) is 7.77. The molecule has 2 rings (SSSR count). The number of pyridine rings is 1. The van der Waals surface area contributed by atoms with Crippen molar-refractivity contribution >= 4 is 5.82 Å². The summed E-state index contributed by atoms with van der Waals surface area (Å²) < 4.78 is 0. The molecule has 0 spiro atoms. The van der Waals surface area contributed by atoms with E-state index in [-0.39, 0.29) is 0 Å². The lowest BCUT2D eigenvalue weighted by atomic mass is 10.0. The third-order valence-electron chi connectivity index (χ3n) is 3.83. The first-order valence-electron chi connectivity index (χ1n) is 7.48. The van der Waals surface area contributed by atoms with Gasteiger partial charge in [-0.25, -0.2) is 4.98 Å². The fourth-order valence-corrected chi connectivity index (χ4v) is 2.48. The van der Waals surface area contributed by atoms with Gasteiger partial charge in [-0.3, -0.25) is 0 Å². The van der Waals surface area contributed by atoms with Gasteiger partial charge in [0.2, 0.25) is 0 Å². The van der Waals surface area contributed by atoms with Crippen molar-refractivity contribution in [3.63, 3.8) is 0 Å². The molecule has 1 aliphatic rings. The fraction of sp³-hybridized carbons (Fsp3) is 0.688. The van der Waals surface area contributed by atoms with Gasteiger partial charge in [-0.1, -0.05) is 19.9 Å². The molecule has 106 valence electrons. The first-order chi connectivity index (χ1) is 9.08. The molecule has 1 aliphatic carbocycles. The standard InChI is InChI=1S/C16H27N3/c1-12(2)10-13(3)19(4)16-14(6-5-9-17-16)11-18-15-7-8-15/h5-6,9,12-13,15,18H,7-8,10-11H2,1-4H3. The van der Waals surface area contributed by atoms with Crippen LogP contribution < -0.4 is 10.2 Å². The zero-order valence-electron chi connectivity index (χ0n) is 12.7. The summed E-state index contributed by atoms with van der Waals surface area (Å²) in [6, 6.07) is 5.49. The van der Waals surface area contributed by atoms with Crippen molar-refractivity contribution in [2.75, 3.05) is 11.9 Å². The van der Waals surface area contributed by atoms with Crippen molar-refractivity contribution in [3.8, 4) is 0 Å². The Labute approximate surface area is 117 Å². The fourth-order valence-electron chi connectivity index (χ4n) is 2.48. The average Bonchev–Trinajstić information content (AvgIpc) is 3.19. The van der Waals surface area contributed by atoms with Gasteiger partial charge in [0.1, 0.15) is 5.82 Å². The van der Waals surface area contributed by atoms with Crippen LogP contribution in [0, 0.1) is 5.92 Å². The van der Waals surface area contributed by atoms with Crippen LogP contribution in [0.25, 0.3) is 0 Å². The molecule has 0 radical (unpaired) electrons. The Morgan fingerprint density at radius 2 is 2.11 bits per heavy atom. The molecule has 0 saturated heterocycles. The van der Waals surface area contributed by atoms with E-state index in [2.05, 4.69) is 49.1 Å². The molecule has 1 aromatic rings. The van der Waals surface area contributed by atoms with E-state index in [0.717, 1.165) is 18.4 Å². The van der Waals surface area contributed by atoms with Crippen LogP contribution in [-0.2, 0) is 6.54 Å². The molecule has 0 aromatic carbocycles. The van der Waals surface area contributed by atoms with Crippen LogP contribution in [0.15, 0.2) is 18.3 Å². The number of anilines is 1. The number of nitrogens with zero attached hydrogens (tertiary/aromatic N) is 2. The van der Waals surface area contributed by atoms with Crippen molar-refractivity contribution in [1.29, 1.82) is 0 Å². The highest BCUT2D eigenvalue weighted by Gasteiger charge is 2.21. The van der Waals surface area contributed by atoms with E-state index in [1.165, 1.54) is 24.8 Å². The number of rotatable bonds is 7. The lowest BCUT2D eigenvalue weighted by Gasteiger charge is -2.29. The second-order valence-electron chi connectivity index (χ2n) is 6.23. The van der Waals surface area contributed by atoms with Gasteiger partial charge in [-0.2, -0.15) is 0 Å². The van der Waals surface area contributed by atoms with E-state index in [1.807, 2.05) is 12.3 Å². The molecule has 0 aliphatic heterocycles. The second-order valence-corrected chi connectivity index (χ2v) is 6.23. The van der Waals surface area contributed by atoms with Gasteiger partial charge in [-0.05, 0) is 38.2 Å². The van der Waals surface area contributed by atoms with Crippen LogP contribution >= 0.6 is 0 Å². The zero-order valence-corrected chi connectivity index (χ0v) is 12.7. The smallest absolute Gasteiger partial charge is 0.132 e. The summed E-state index contributed by atoms with van der Waals surface area (Å²) in [7, 11) is 2.16. The van der Waals surface area contributed by atoms with Crippen LogP contribution in [0.4, 0.5) is 5.82 Å². The predicted octanol–water partition coefficient (Wildman–Crippen LogP) is 3.20. The van der Waals surface area contributed by atoms with Gasteiger partial charge in [-0.15, -0.1) is 0 Å². The van der Waals surface area contributed by atoms with Crippen molar-refractivity contribution < 1.29 is 0 Å². The minimum Gasteiger partial charge on any atom is -0.357 e. The Bertz CT molecular complexity index is 399. The van der Waals surface area contributed by atoms with Crippen LogP contribution in [0.5, 0.6) is 0 Å². The molecule has 1 N–H and O–H groups in total. The molecule has 1 heterocycles. The summed E-state index contributed by atoms with van der Waals surface area (Å²) in [5.74, 6) is 1.85. The van der Waals surface area contributed by atoms with E-state index in [9.17, 15) is 0 Å². The Hall–Kier alpha value is -1.09. The number of hydrogen-bond donors (Lipinski definition) is 1. The highest BCUT2D eigenvalue weighted by molar-refractivity contribution is 5.46. The van der Waals surface area contributed by atoms with E-state index >= 15 is 0 Å². The van der Waals surface area contributed by atoms with Crippen LogP contribution in [0.2, 0.25) is 0 Å². The molecular formula is C16H27N3. The predicted molar refractivity (Wildman–Crippen MR) is 81.4 cm³/mol. The molecule has 1 atom stereocenters. The van der Waals surface area contributed by atoms with Gasteiger partial charge in [0, 0.05) is 37.4 Å². The molecule has 1 aromatic heterocycles. The molecule has 19 heavy (non-hydrogen) atoms. The van der Waals surface area contributed by atoms with E-state index in [0.29, 0.717) is 12.0 Å². The van der Waals surface area contributed by atoms with E-state index < -0.39 is 0 Å². The minimum atomic E-state index is 0.523. The molecule has 3 heteroatoms. The third kappa shape index (κ3) is 4.20. The van der Waals surface area contributed by atoms with Gasteiger partial charge in [0.15, 0.2) is 0 Å². The number of aromatic nitrogens is 1. The highest BCUT2D eigenvalue weighted by atomic mass is 15.2. The molecule has 0 amide bonds. The minimum absolute atomic E-state index is 0.523.